The van der Waals surface area contributed by atoms with Crippen molar-refractivity contribution >= 4 is 0 Å². The Morgan fingerprint density at radius 1 is 0.308 bits per heavy atom. The molecule has 0 bridgehead atoms. The molecule has 0 N–H and O–H groups in total. The van der Waals surface area contributed by atoms with Gasteiger partial charge in [-0.05, 0) is 55.2 Å². The first-order valence-corrected chi connectivity index (χ1v) is 13.2. The Morgan fingerprint density at radius 2 is 0.667 bits per heavy atom. The molecule has 0 spiro atoms. The molecular weight excluding hydrogens is 474 g/mol. The summed E-state index contributed by atoms with van der Waals surface area (Å²) in [5, 5.41) is 0. The lowest BCUT2D eigenvalue weighted by atomic mass is 10.0. The topological polar surface area (TPSA) is 38.7 Å². The molecule has 6 aromatic rings. The van der Waals surface area contributed by atoms with Crippen LogP contribution in [0.5, 0.6) is 0 Å². The first-order valence-electron chi connectivity index (χ1n) is 13.2. The van der Waals surface area contributed by atoms with Crippen molar-refractivity contribution in [3.05, 3.63) is 138 Å². The van der Waals surface area contributed by atoms with E-state index in [9.17, 15) is 0 Å². The van der Waals surface area contributed by atoms with Crippen molar-refractivity contribution in [3.63, 3.8) is 0 Å². The van der Waals surface area contributed by atoms with Crippen LogP contribution in [0.25, 0.3) is 56.4 Å². The molecule has 3 heteroatoms. The summed E-state index contributed by atoms with van der Waals surface area (Å²) in [7, 11) is 0. The molecule has 0 atom stereocenters. The van der Waals surface area contributed by atoms with Gasteiger partial charge < -0.3 is 0 Å². The summed E-state index contributed by atoms with van der Waals surface area (Å²) < 4.78 is 0. The Labute approximate surface area is 229 Å². The number of rotatable bonds is 5. The summed E-state index contributed by atoms with van der Waals surface area (Å²) in [5.41, 5.74) is 11.2. The maximum Gasteiger partial charge on any atom is 0.164 e. The lowest BCUT2D eigenvalue weighted by Gasteiger charge is -2.11. The minimum atomic E-state index is 0.663. The van der Waals surface area contributed by atoms with Gasteiger partial charge in [0.1, 0.15) is 0 Å². The van der Waals surface area contributed by atoms with E-state index in [0.717, 1.165) is 22.3 Å². The minimum Gasteiger partial charge on any atom is -0.208 e. The summed E-state index contributed by atoms with van der Waals surface area (Å²) in [6.07, 6.45) is 0. The second-order valence-electron chi connectivity index (χ2n) is 10.1. The second-order valence-corrected chi connectivity index (χ2v) is 10.1. The molecule has 39 heavy (non-hydrogen) atoms. The van der Waals surface area contributed by atoms with E-state index in [2.05, 4.69) is 136 Å². The highest BCUT2D eigenvalue weighted by atomic mass is 15.0. The summed E-state index contributed by atoms with van der Waals surface area (Å²) in [6.45, 7) is 6.31. The molecular formula is C36H29N3. The molecule has 0 saturated carbocycles. The van der Waals surface area contributed by atoms with Gasteiger partial charge in [-0.3, -0.25) is 0 Å². The van der Waals surface area contributed by atoms with E-state index >= 15 is 0 Å². The summed E-state index contributed by atoms with van der Waals surface area (Å²) in [5.74, 6) is 2.00. The zero-order valence-corrected chi connectivity index (χ0v) is 22.4. The standard InChI is InChI=1S/C36H29N3/c1-24-9-11-28(12-10-24)30-15-19-32(20-16-30)35-37-34(38-36(39-35)33-22-25(2)21-26(3)23-33)31-17-13-29(14-18-31)27-7-5-4-6-8-27/h4-23H,1-3H3. The van der Waals surface area contributed by atoms with Crippen molar-refractivity contribution in [1.82, 2.24) is 15.0 Å². The molecule has 0 amide bonds. The van der Waals surface area contributed by atoms with E-state index in [1.165, 1.54) is 33.4 Å². The van der Waals surface area contributed by atoms with Crippen LogP contribution in [0.4, 0.5) is 0 Å². The smallest absolute Gasteiger partial charge is 0.164 e. The van der Waals surface area contributed by atoms with Gasteiger partial charge in [-0.2, -0.15) is 0 Å². The third-order valence-corrected chi connectivity index (χ3v) is 6.89. The molecule has 0 aliphatic rings. The Balaban J connectivity index is 1.43. The molecule has 188 valence electrons. The number of hydrogen-bond donors (Lipinski definition) is 0. The van der Waals surface area contributed by atoms with E-state index in [0.29, 0.717) is 17.5 Å². The predicted octanol–water partition coefficient (Wildman–Crippen LogP) is 9.13. The van der Waals surface area contributed by atoms with Crippen LogP contribution in [0.1, 0.15) is 16.7 Å². The van der Waals surface area contributed by atoms with E-state index in [4.69, 9.17) is 15.0 Å². The molecule has 1 heterocycles. The van der Waals surface area contributed by atoms with Gasteiger partial charge in [0.05, 0.1) is 0 Å². The van der Waals surface area contributed by atoms with Crippen LogP contribution < -0.4 is 0 Å². The van der Waals surface area contributed by atoms with Gasteiger partial charge in [0.25, 0.3) is 0 Å². The van der Waals surface area contributed by atoms with Gasteiger partial charge in [-0.1, -0.05) is 126 Å². The lowest BCUT2D eigenvalue weighted by molar-refractivity contribution is 1.07. The SMILES string of the molecule is Cc1ccc(-c2ccc(-c3nc(-c4ccc(-c5ccccc5)cc4)nc(-c4cc(C)cc(C)c4)n3)cc2)cc1. The molecule has 0 aliphatic carbocycles. The van der Waals surface area contributed by atoms with Gasteiger partial charge in [0, 0.05) is 16.7 Å². The van der Waals surface area contributed by atoms with Crippen molar-refractivity contribution in [3.8, 4) is 56.4 Å². The number of hydrogen-bond acceptors (Lipinski definition) is 3. The van der Waals surface area contributed by atoms with Crippen LogP contribution >= 0.6 is 0 Å². The highest BCUT2D eigenvalue weighted by Crippen LogP contribution is 2.29. The van der Waals surface area contributed by atoms with Crippen LogP contribution in [0.3, 0.4) is 0 Å². The maximum absolute atomic E-state index is 4.94. The number of nitrogens with zero attached hydrogens (tertiary/aromatic N) is 3. The molecule has 0 aliphatic heterocycles. The maximum atomic E-state index is 4.94. The van der Waals surface area contributed by atoms with E-state index in [1.807, 2.05) is 6.07 Å². The first-order chi connectivity index (χ1) is 19.0. The fraction of sp³-hybridized carbons (Fsp3) is 0.0833. The van der Waals surface area contributed by atoms with Crippen molar-refractivity contribution in [2.75, 3.05) is 0 Å². The zero-order chi connectivity index (χ0) is 26.8. The van der Waals surface area contributed by atoms with Gasteiger partial charge in [0.15, 0.2) is 17.5 Å². The molecule has 5 aromatic carbocycles. The van der Waals surface area contributed by atoms with Crippen LogP contribution in [0, 0.1) is 20.8 Å². The Hall–Kier alpha value is -4.89. The molecule has 0 radical (unpaired) electrons. The Morgan fingerprint density at radius 3 is 1.13 bits per heavy atom. The van der Waals surface area contributed by atoms with Gasteiger partial charge in [0.2, 0.25) is 0 Å². The second kappa shape index (κ2) is 10.5. The fourth-order valence-electron chi connectivity index (χ4n) is 4.87. The number of aromatic nitrogens is 3. The highest BCUT2D eigenvalue weighted by Gasteiger charge is 2.13. The average molecular weight is 504 g/mol. The largest absolute Gasteiger partial charge is 0.208 e. The first kappa shape index (κ1) is 24.4. The van der Waals surface area contributed by atoms with Crippen LogP contribution in [0.2, 0.25) is 0 Å². The molecule has 1 aromatic heterocycles. The molecule has 6 rings (SSSR count). The van der Waals surface area contributed by atoms with Crippen LogP contribution in [0.15, 0.2) is 121 Å². The Kier molecular flexibility index (Phi) is 6.56. The van der Waals surface area contributed by atoms with E-state index < -0.39 is 0 Å². The van der Waals surface area contributed by atoms with Crippen LogP contribution in [-0.4, -0.2) is 15.0 Å². The number of aryl methyl sites for hydroxylation is 3. The van der Waals surface area contributed by atoms with E-state index in [-0.39, 0.29) is 0 Å². The number of benzene rings is 5. The molecule has 0 unspecified atom stereocenters. The quantitative estimate of drug-likeness (QED) is 0.235. The van der Waals surface area contributed by atoms with Crippen molar-refractivity contribution in [2.45, 2.75) is 20.8 Å². The van der Waals surface area contributed by atoms with Crippen molar-refractivity contribution < 1.29 is 0 Å². The molecule has 3 nitrogen and oxygen atoms in total. The minimum absolute atomic E-state index is 0.663. The highest BCUT2D eigenvalue weighted by molar-refractivity contribution is 5.72. The monoisotopic (exact) mass is 503 g/mol. The summed E-state index contributed by atoms with van der Waals surface area (Å²) in [4.78, 5) is 14.8. The third kappa shape index (κ3) is 5.39. The molecule has 0 fully saturated rings. The van der Waals surface area contributed by atoms with Gasteiger partial charge in [-0.25, -0.2) is 15.0 Å². The summed E-state index contributed by atoms with van der Waals surface area (Å²) in [6, 6.07) is 42.3. The van der Waals surface area contributed by atoms with Crippen molar-refractivity contribution in [1.29, 1.82) is 0 Å². The third-order valence-electron chi connectivity index (χ3n) is 6.89. The fourth-order valence-corrected chi connectivity index (χ4v) is 4.87. The van der Waals surface area contributed by atoms with Gasteiger partial charge >= 0.3 is 0 Å². The van der Waals surface area contributed by atoms with Gasteiger partial charge in [-0.15, -0.1) is 0 Å². The Bertz CT molecular complexity index is 1720. The average Bonchev–Trinajstić information content (AvgIpc) is 2.97. The van der Waals surface area contributed by atoms with Crippen LogP contribution in [-0.2, 0) is 0 Å². The van der Waals surface area contributed by atoms with Crippen molar-refractivity contribution in [2.24, 2.45) is 0 Å². The zero-order valence-electron chi connectivity index (χ0n) is 22.4. The lowest BCUT2D eigenvalue weighted by Crippen LogP contribution is -2.00. The normalized spacial score (nSPS) is 10.9. The predicted molar refractivity (Wildman–Crippen MR) is 161 cm³/mol. The van der Waals surface area contributed by atoms with E-state index in [1.54, 1.807) is 0 Å². The molecule has 0 saturated heterocycles. The summed E-state index contributed by atoms with van der Waals surface area (Å²) >= 11 is 0.